The summed E-state index contributed by atoms with van der Waals surface area (Å²) in [7, 11) is 0. The van der Waals surface area contributed by atoms with E-state index in [2.05, 4.69) is 276 Å². The van der Waals surface area contributed by atoms with Crippen molar-refractivity contribution in [3.63, 3.8) is 0 Å². The van der Waals surface area contributed by atoms with Crippen LogP contribution in [0, 0.1) is 0 Å². The van der Waals surface area contributed by atoms with Gasteiger partial charge in [-0.3, -0.25) is 0 Å². The summed E-state index contributed by atoms with van der Waals surface area (Å²) in [6.45, 7) is 0. The third-order valence-corrected chi connectivity index (χ3v) is 13.8. The van der Waals surface area contributed by atoms with Gasteiger partial charge in [0, 0.05) is 33.4 Å². The normalized spacial score (nSPS) is 11.5. The zero-order chi connectivity index (χ0) is 45.0. The summed E-state index contributed by atoms with van der Waals surface area (Å²) in [6.07, 6.45) is 0. The summed E-state index contributed by atoms with van der Waals surface area (Å²) in [5.74, 6) is 0. The fourth-order valence-electron chi connectivity index (χ4n) is 10.6. The lowest BCUT2D eigenvalue weighted by atomic mass is 9.92. The molecule has 0 aliphatic carbocycles. The summed E-state index contributed by atoms with van der Waals surface area (Å²) in [4.78, 5) is 2.39. The largest absolute Gasteiger partial charge is 0.310 e. The first-order valence-corrected chi connectivity index (χ1v) is 23.4. The molecule has 0 radical (unpaired) electrons. The van der Waals surface area contributed by atoms with Crippen molar-refractivity contribution in [1.29, 1.82) is 0 Å². The molecule has 68 heavy (non-hydrogen) atoms. The minimum Gasteiger partial charge on any atom is -0.310 e. The smallest absolute Gasteiger partial charge is 0.0547 e. The maximum atomic E-state index is 2.48. The van der Waals surface area contributed by atoms with Crippen molar-refractivity contribution >= 4 is 71.2 Å². The molecule has 1 heterocycles. The Morgan fingerprint density at radius 3 is 1.41 bits per heavy atom. The molecule has 0 atom stereocenters. The van der Waals surface area contributed by atoms with Crippen molar-refractivity contribution in [1.82, 2.24) is 4.57 Å². The van der Waals surface area contributed by atoms with E-state index in [-0.39, 0.29) is 0 Å². The van der Waals surface area contributed by atoms with E-state index < -0.39 is 0 Å². The van der Waals surface area contributed by atoms with Crippen molar-refractivity contribution in [2.45, 2.75) is 0 Å². The van der Waals surface area contributed by atoms with E-state index in [1.165, 1.54) is 93.1 Å². The monoisotopic (exact) mass is 864 g/mol. The van der Waals surface area contributed by atoms with E-state index in [0.29, 0.717) is 0 Å². The summed E-state index contributed by atoms with van der Waals surface area (Å²) in [6, 6.07) is 97.6. The second kappa shape index (κ2) is 16.5. The Hall–Kier alpha value is -8.98. The first-order chi connectivity index (χ1) is 33.7. The van der Waals surface area contributed by atoms with E-state index in [1.54, 1.807) is 0 Å². The number of rotatable bonds is 8. The minimum atomic E-state index is 1.08. The van der Waals surface area contributed by atoms with Crippen LogP contribution in [-0.4, -0.2) is 4.57 Å². The number of hydrogen-bond donors (Lipinski definition) is 0. The zero-order valence-electron chi connectivity index (χ0n) is 37.3. The molecule has 2 nitrogen and oxygen atoms in total. The molecule has 318 valence electrons. The summed E-state index contributed by atoms with van der Waals surface area (Å²) >= 11 is 0. The Morgan fingerprint density at radius 2 is 0.735 bits per heavy atom. The Balaban J connectivity index is 0.967. The molecule has 0 aliphatic heterocycles. The molecule has 0 unspecified atom stereocenters. The van der Waals surface area contributed by atoms with Crippen LogP contribution in [0.25, 0.3) is 104 Å². The van der Waals surface area contributed by atoms with Crippen molar-refractivity contribution < 1.29 is 0 Å². The minimum absolute atomic E-state index is 1.08. The van der Waals surface area contributed by atoms with Gasteiger partial charge < -0.3 is 9.47 Å². The Kier molecular flexibility index (Phi) is 9.54. The highest BCUT2D eigenvalue weighted by molar-refractivity contribution is 6.14. The summed E-state index contributed by atoms with van der Waals surface area (Å²) in [5, 5.41) is 9.95. The fraction of sp³-hybridized carbons (Fsp3) is 0. The molecular weight excluding hydrogens is 821 g/mol. The molecule has 0 spiro atoms. The Morgan fingerprint density at radius 1 is 0.250 bits per heavy atom. The first kappa shape index (κ1) is 39.4. The van der Waals surface area contributed by atoms with Gasteiger partial charge in [-0.25, -0.2) is 0 Å². The van der Waals surface area contributed by atoms with Crippen LogP contribution in [0.4, 0.5) is 17.1 Å². The lowest BCUT2D eigenvalue weighted by molar-refractivity contribution is 1.18. The lowest BCUT2D eigenvalue weighted by Gasteiger charge is -2.27. The quantitative estimate of drug-likeness (QED) is 0.148. The molecule has 13 aromatic rings. The van der Waals surface area contributed by atoms with Gasteiger partial charge in [-0.2, -0.15) is 0 Å². The average molecular weight is 865 g/mol. The SMILES string of the molecule is c1ccc(-c2c(-c3ccc(N(c4ccc(-c5cccc6ccccc56)cc4)c4cccc(-c5cccc6ccccc56)c4)cc3)cccc2-n2c3ccccc3c3cc4ccccc4cc32)cc1. The van der Waals surface area contributed by atoms with E-state index in [1.807, 2.05) is 0 Å². The number of aromatic nitrogens is 1. The van der Waals surface area contributed by atoms with E-state index in [4.69, 9.17) is 0 Å². The number of benzene rings is 12. The van der Waals surface area contributed by atoms with Crippen LogP contribution in [0.2, 0.25) is 0 Å². The van der Waals surface area contributed by atoms with Gasteiger partial charge in [0.05, 0.1) is 16.7 Å². The topological polar surface area (TPSA) is 8.17 Å². The van der Waals surface area contributed by atoms with E-state index >= 15 is 0 Å². The Labute approximate surface area is 395 Å². The third kappa shape index (κ3) is 6.73. The van der Waals surface area contributed by atoms with Crippen LogP contribution >= 0.6 is 0 Å². The van der Waals surface area contributed by atoms with Crippen LogP contribution in [0.1, 0.15) is 0 Å². The van der Waals surface area contributed by atoms with Crippen molar-refractivity contribution in [2.75, 3.05) is 4.90 Å². The molecule has 13 rings (SSSR count). The number of hydrogen-bond acceptors (Lipinski definition) is 1. The predicted octanol–water partition coefficient (Wildman–Crippen LogP) is 18.4. The molecular formula is C66H44N2. The molecule has 2 heteroatoms. The van der Waals surface area contributed by atoms with E-state index in [9.17, 15) is 0 Å². The van der Waals surface area contributed by atoms with Crippen LogP contribution in [-0.2, 0) is 0 Å². The van der Waals surface area contributed by atoms with Crippen LogP contribution in [0.15, 0.2) is 267 Å². The number of nitrogens with zero attached hydrogens (tertiary/aromatic N) is 2. The highest BCUT2D eigenvalue weighted by atomic mass is 15.1. The molecule has 0 aliphatic rings. The fourth-order valence-corrected chi connectivity index (χ4v) is 10.6. The highest BCUT2D eigenvalue weighted by Crippen LogP contribution is 2.44. The molecule has 0 N–H and O–H groups in total. The molecule has 0 bridgehead atoms. The lowest BCUT2D eigenvalue weighted by Crippen LogP contribution is -2.10. The van der Waals surface area contributed by atoms with Gasteiger partial charge in [-0.05, 0) is 132 Å². The van der Waals surface area contributed by atoms with Crippen LogP contribution in [0.3, 0.4) is 0 Å². The zero-order valence-corrected chi connectivity index (χ0v) is 37.3. The second-order valence-corrected chi connectivity index (χ2v) is 17.7. The number of anilines is 3. The van der Waals surface area contributed by atoms with Crippen molar-refractivity contribution in [3.8, 4) is 50.2 Å². The van der Waals surface area contributed by atoms with Gasteiger partial charge in [0.15, 0.2) is 0 Å². The average Bonchev–Trinajstić information content (AvgIpc) is 3.73. The Bertz CT molecular complexity index is 4000. The molecule has 0 amide bonds. The van der Waals surface area contributed by atoms with Crippen LogP contribution in [0.5, 0.6) is 0 Å². The maximum Gasteiger partial charge on any atom is 0.0547 e. The standard InChI is InChI=1S/C66H44N2/c1-2-18-49(19-3-1)66-60(31-15-33-64(66)68-63-32-11-10-28-61(63)62-43-50-20-4-5-21-51(50)44-65(62)68)48-36-40-54(41-37-48)67(53-38-34-47(35-39-53)58-29-13-22-45-16-6-8-26-56(45)58)55-25-12-24-52(42-55)59-30-14-23-46-17-7-9-27-57(46)59/h1-44H. The summed E-state index contributed by atoms with van der Waals surface area (Å²) < 4.78 is 2.48. The number of fused-ring (bicyclic) bond motifs is 6. The predicted molar refractivity (Wildman–Crippen MR) is 290 cm³/mol. The summed E-state index contributed by atoms with van der Waals surface area (Å²) in [5.41, 5.74) is 16.3. The van der Waals surface area contributed by atoms with Gasteiger partial charge in [0.25, 0.3) is 0 Å². The van der Waals surface area contributed by atoms with E-state index in [0.717, 1.165) is 28.3 Å². The maximum absolute atomic E-state index is 2.48. The molecule has 0 saturated carbocycles. The highest BCUT2D eigenvalue weighted by Gasteiger charge is 2.21. The molecule has 1 aromatic heterocycles. The molecule has 12 aromatic carbocycles. The third-order valence-electron chi connectivity index (χ3n) is 13.8. The number of para-hydroxylation sites is 1. The van der Waals surface area contributed by atoms with Crippen molar-refractivity contribution in [3.05, 3.63) is 267 Å². The van der Waals surface area contributed by atoms with Gasteiger partial charge in [-0.1, -0.05) is 206 Å². The van der Waals surface area contributed by atoms with Gasteiger partial charge in [0.1, 0.15) is 0 Å². The van der Waals surface area contributed by atoms with Gasteiger partial charge in [-0.15, -0.1) is 0 Å². The second-order valence-electron chi connectivity index (χ2n) is 17.7. The van der Waals surface area contributed by atoms with Gasteiger partial charge in [0.2, 0.25) is 0 Å². The van der Waals surface area contributed by atoms with Crippen molar-refractivity contribution in [2.24, 2.45) is 0 Å². The van der Waals surface area contributed by atoms with Crippen LogP contribution < -0.4 is 4.90 Å². The molecule has 0 fully saturated rings. The first-order valence-electron chi connectivity index (χ1n) is 23.4. The van der Waals surface area contributed by atoms with Gasteiger partial charge >= 0.3 is 0 Å². The molecule has 0 saturated heterocycles.